The summed E-state index contributed by atoms with van der Waals surface area (Å²) in [7, 11) is 0. The van der Waals surface area contributed by atoms with Crippen LogP contribution in [0.4, 0.5) is 17.1 Å². The lowest BCUT2D eigenvalue weighted by Gasteiger charge is -2.26. The van der Waals surface area contributed by atoms with Crippen molar-refractivity contribution in [2.24, 2.45) is 0 Å². The molecule has 49 heavy (non-hydrogen) atoms. The monoisotopic (exact) mass is 626 g/mol. The highest BCUT2D eigenvalue weighted by molar-refractivity contribution is 6.19. The molecule has 0 saturated carbocycles. The number of hydrogen-bond donors (Lipinski definition) is 0. The van der Waals surface area contributed by atoms with Crippen molar-refractivity contribution in [2.45, 2.75) is 0 Å². The van der Waals surface area contributed by atoms with Crippen LogP contribution in [0.15, 0.2) is 186 Å². The molecular weight excluding hydrogens is 597 g/mol. The number of para-hydroxylation sites is 3. The lowest BCUT2D eigenvalue weighted by molar-refractivity contribution is 0.673. The van der Waals surface area contributed by atoms with E-state index < -0.39 is 0 Å². The van der Waals surface area contributed by atoms with E-state index in [0.29, 0.717) is 0 Å². The van der Waals surface area contributed by atoms with Gasteiger partial charge >= 0.3 is 0 Å². The second-order valence-corrected chi connectivity index (χ2v) is 12.6. The number of aromatic nitrogens is 1. The molecule has 0 spiro atoms. The van der Waals surface area contributed by atoms with Crippen molar-refractivity contribution in [2.75, 3.05) is 4.90 Å². The molecule has 0 radical (unpaired) electrons. The third-order valence-electron chi connectivity index (χ3n) is 9.75. The van der Waals surface area contributed by atoms with E-state index in [-0.39, 0.29) is 0 Å². The first-order valence-corrected chi connectivity index (χ1v) is 16.7. The number of fused-ring (bicyclic) bond motifs is 8. The fourth-order valence-corrected chi connectivity index (χ4v) is 7.58. The highest BCUT2D eigenvalue weighted by atomic mass is 16.3. The van der Waals surface area contributed by atoms with E-state index in [1.165, 1.54) is 27.2 Å². The molecule has 0 amide bonds. The number of hydrogen-bond acceptors (Lipinski definition) is 2. The highest BCUT2D eigenvalue weighted by Gasteiger charge is 2.19. The summed E-state index contributed by atoms with van der Waals surface area (Å²) in [6.07, 6.45) is 0. The zero-order valence-corrected chi connectivity index (χ0v) is 26.6. The van der Waals surface area contributed by atoms with Crippen LogP contribution in [-0.4, -0.2) is 4.57 Å². The maximum absolute atomic E-state index is 6.54. The molecule has 10 rings (SSSR count). The molecule has 3 nitrogen and oxygen atoms in total. The largest absolute Gasteiger partial charge is 0.455 e. The van der Waals surface area contributed by atoms with Gasteiger partial charge in [-0.05, 0) is 83.2 Å². The molecule has 3 heteroatoms. The molecule has 2 heterocycles. The van der Waals surface area contributed by atoms with Gasteiger partial charge in [0.05, 0.1) is 11.0 Å². The van der Waals surface area contributed by atoms with Gasteiger partial charge in [-0.1, -0.05) is 115 Å². The fourth-order valence-electron chi connectivity index (χ4n) is 7.58. The van der Waals surface area contributed by atoms with Gasteiger partial charge in [-0.2, -0.15) is 0 Å². The van der Waals surface area contributed by atoms with Crippen LogP contribution in [-0.2, 0) is 0 Å². The lowest BCUT2D eigenvalue weighted by Crippen LogP contribution is -2.10. The van der Waals surface area contributed by atoms with Gasteiger partial charge in [-0.3, -0.25) is 0 Å². The smallest absolute Gasteiger partial charge is 0.143 e. The number of furan rings is 1. The number of benzene rings is 8. The molecule has 0 saturated heterocycles. The summed E-state index contributed by atoms with van der Waals surface area (Å²) in [4.78, 5) is 2.36. The number of anilines is 3. The first-order valence-electron chi connectivity index (χ1n) is 16.7. The van der Waals surface area contributed by atoms with Crippen molar-refractivity contribution in [3.63, 3.8) is 0 Å². The predicted molar refractivity (Wildman–Crippen MR) is 206 cm³/mol. The Bertz CT molecular complexity index is 2830. The Balaban J connectivity index is 1.18. The molecule has 0 aliphatic rings. The molecule has 0 unspecified atom stereocenters. The maximum Gasteiger partial charge on any atom is 0.143 e. The van der Waals surface area contributed by atoms with Crippen molar-refractivity contribution in [1.82, 2.24) is 4.57 Å². The Morgan fingerprint density at radius 3 is 1.98 bits per heavy atom. The van der Waals surface area contributed by atoms with Gasteiger partial charge in [0.1, 0.15) is 11.2 Å². The standard InChI is InChI=1S/C46H30N2O/c1-3-15-33(16-4-1)47(36-26-28-40-39-21-9-10-23-42(39)48(43(40)30-36)34-17-5-2-6-18-34)35-19-11-14-32(29-35)37-22-12-24-44-45(37)41-27-25-31-13-7-8-20-38(31)46(41)49-44/h1-30H. The summed E-state index contributed by atoms with van der Waals surface area (Å²) in [6.45, 7) is 0. The SMILES string of the molecule is c1ccc(N(c2cccc(-c3cccc4oc5c6ccccc6ccc5c34)c2)c2ccc3c4ccccc4n(-c4ccccc4)c3c2)cc1. The topological polar surface area (TPSA) is 21.3 Å². The minimum Gasteiger partial charge on any atom is -0.455 e. The fraction of sp³-hybridized carbons (Fsp3) is 0. The lowest BCUT2D eigenvalue weighted by atomic mass is 9.97. The predicted octanol–water partition coefficient (Wildman–Crippen LogP) is 13.0. The van der Waals surface area contributed by atoms with Gasteiger partial charge in [-0.15, -0.1) is 0 Å². The summed E-state index contributed by atoms with van der Waals surface area (Å²) in [6, 6.07) is 64.9. The molecule has 0 aliphatic heterocycles. The van der Waals surface area contributed by atoms with Crippen molar-refractivity contribution in [1.29, 1.82) is 0 Å². The Morgan fingerprint density at radius 2 is 1.10 bits per heavy atom. The molecule has 0 bridgehead atoms. The van der Waals surface area contributed by atoms with Crippen LogP contribution < -0.4 is 4.90 Å². The molecule has 0 fully saturated rings. The Kier molecular flexibility index (Phi) is 6.18. The summed E-state index contributed by atoms with van der Waals surface area (Å²) in [5.74, 6) is 0. The van der Waals surface area contributed by atoms with E-state index in [4.69, 9.17) is 4.42 Å². The molecule has 2 aromatic heterocycles. The number of nitrogens with zero attached hydrogens (tertiary/aromatic N) is 2. The molecule has 0 N–H and O–H groups in total. The van der Waals surface area contributed by atoms with E-state index in [9.17, 15) is 0 Å². The number of rotatable bonds is 5. The second-order valence-electron chi connectivity index (χ2n) is 12.6. The zero-order valence-electron chi connectivity index (χ0n) is 26.6. The summed E-state index contributed by atoms with van der Waals surface area (Å²) in [5.41, 5.74) is 10.9. The van der Waals surface area contributed by atoms with Gasteiger partial charge in [-0.25, -0.2) is 0 Å². The zero-order chi connectivity index (χ0) is 32.3. The third kappa shape index (κ3) is 4.37. The van der Waals surface area contributed by atoms with Crippen LogP contribution in [0.3, 0.4) is 0 Å². The van der Waals surface area contributed by atoms with Gasteiger partial charge in [0, 0.05) is 49.7 Å². The summed E-state index contributed by atoms with van der Waals surface area (Å²) >= 11 is 0. The quantitative estimate of drug-likeness (QED) is 0.190. The van der Waals surface area contributed by atoms with Gasteiger partial charge < -0.3 is 13.9 Å². The molecule has 8 aromatic carbocycles. The van der Waals surface area contributed by atoms with Crippen molar-refractivity contribution < 1.29 is 4.42 Å². The Labute approximate surface area is 283 Å². The van der Waals surface area contributed by atoms with E-state index in [1.807, 2.05) is 0 Å². The average molecular weight is 627 g/mol. The average Bonchev–Trinajstić information content (AvgIpc) is 3.72. The van der Waals surface area contributed by atoms with Crippen LogP contribution in [0.25, 0.3) is 71.3 Å². The van der Waals surface area contributed by atoms with Crippen LogP contribution in [0.1, 0.15) is 0 Å². The van der Waals surface area contributed by atoms with Crippen molar-refractivity contribution >= 4 is 71.6 Å². The maximum atomic E-state index is 6.54. The first kappa shape index (κ1) is 27.5. The Morgan fingerprint density at radius 1 is 0.429 bits per heavy atom. The molecule has 0 aliphatic carbocycles. The van der Waals surface area contributed by atoms with E-state index in [1.54, 1.807) is 0 Å². The molecule has 0 atom stereocenters. The highest BCUT2D eigenvalue weighted by Crippen LogP contribution is 2.43. The van der Waals surface area contributed by atoms with Crippen molar-refractivity contribution in [3.8, 4) is 16.8 Å². The van der Waals surface area contributed by atoms with Crippen LogP contribution in [0.2, 0.25) is 0 Å². The van der Waals surface area contributed by atoms with Gasteiger partial charge in [0.15, 0.2) is 0 Å². The minimum atomic E-state index is 0.897. The van der Waals surface area contributed by atoms with E-state index in [2.05, 4.69) is 191 Å². The second kappa shape index (κ2) is 11.0. The summed E-state index contributed by atoms with van der Waals surface area (Å²) in [5, 5.41) is 7.06. The summed E-state index contributed by atoms with van der Waals surface area (Å²) < 4.78 is 8.92. The van der Waals surface area contributed by atoms with E-state index >= 15 is 0 Å². The van der Waals surface area contributed by atoms with Gasteiger partial charge in [0.2, 0.25) is 0 Å². The van der Waals surface area contributed by atoms with Crippen LogP contribution in [0.5, 0.6) is 0 Å². The normalized spacial score (nSPS) is 11.7. The first-order chi connectivity index (χ1) is 24.3. The van der Waals surface area contributed by atoms with Crippen LogP contribution >= 0.6 is 0 Å². The molecular formula is C46H30N2O. The molecule has 10 aromatic rings. The van der Waals surface area contributed by atoms with Crippen LogP contribution in [0, 0.1) is 0 Å². The van der Waals surface area contributed by atoms with Gasteiger partial charge in [0.25, 0.3) is 0 Å². The third-order valence-corrected chi connectivity index (χ3v) is 9.75. The van der Waals surface area contributed by atoms with E-state index in [0.717, 1.165) is 61.2 Å². The molecule has 230 valence electrons. The minimum absolute atomic E-state index is 0.897. The Hall–Kier alpha value is -6.58. The van der Waals surface area contributed by atoms with Crippen molar-refractivity contribution in [3.05, 3.63) is 182 Å².